The van der Waals surface area contributed by atoms with Gasteiger partial charge >= 0.3 is 0 Å². The minimum absolute atomic E-state index is 0.0207. The predicted molar refractivity (Wildman–Crippen MR) is 97.8 cm³/mol. The molecule has 3 heterocycles. The molecule has 1 aliphatic rings. The number of benzene rings is 1. The van der Waals surface area contributed by atoms with Crippen LogP contribution in [0.15, 0.2) is 64.2 Å². The molecular formula is C20H18N4O2. The summed E-state index contributed by atoms with van der Waals surface area (Å²) in [6, 6.07) is 13.6. The molecule has 1 saturated carbocycles. The number of fused-ring (bicyclic) bond motifs is 1. The van der Waals surface area contributed by atoms with Crippen LogP contribution in [0.2, 0.25) is 0 Å². The first-order chi connectivity index (χ1) is 12.8. The third-order valence-corrected chi connectivity index (χ3v) is 4.85. The normalized spacial score (nSPS) is 14.2. The summed E-state index contributed by atoms with van der Waals surface area (Å²) in [6.07, 6.45) is 6.31. The van der Waals surface area contributed by atoms with Crippen molar-refractivity contribution in [1.29, 1.82) is 0 Å². The fourth-order valence-electron chi connectivity index (χ4n) is 3.27. The molecule has 0 spiro atoms. The van der Waals surface area contributed by atoms with E-state index in [0.717, 1.165) is 23.0 Å². The average molecular weight is 346 g/mol. The zero-order valence-electron chi connectivity index (χ0n) is 14.2. The maximum Gasteiger partial charge on any atom is 0.275 e. The summed E-state index contributed by atoms with van der Waals surface area (Å²) < 4.78 is 9.06. The zero-order chi connectivity index (χ0) is 17.5. The highest BCUT2D eigenvalue weighted by Crippen LogP contribution is 2.31. The van der Waals surface area contributed by atoms with E-state index in [2.05, 4.69) is 14.7 Å². The van der Waals surface area contributed by atoms with Gasteiger partial charge in [0.25, 0.3) is 5.56 Å². The molecule has 3 aromatic heterocycles. The van der Waals surface area contributed by atoms with Crippen molar-refractivity contribution in [3.63, 3.8) is 0 Å². The summed E-state index contributed by atoms with van der Waals surface area (Å²) in [4.78, 5) is 17.4. The lowest BCUT2D eigenvalue weighted by Gasteiger charge is -2.06. The Morgan fingerprint density at radius 3 is 2.58 bits per heavy atom. The summed E-state index contributed by atoms with van der Waals surface area (Å²) in [5.74, 6) is 1.67. The molecule has 4 aromatic rings. The quantitative estimate of drug-likeness (QED) is 0.556. The second-order valence-corrected chi connectivity index (χ2v) is 6.84. The Morgan fingerprint density at radius 1 is 1.04 bits per heavy atom. The summed E-state index contributed by atoms with van der Waals surface area (Å²) in [5, 5.41) is 5.00. The van der Waals surface area contributed by atoms with Gasteiger partial charge in [-0.25, -0.2) is 0 Å². The molecule has 1 aliphatic carbocycles. The van der Waals surface area contributed by atoms with Crippen molar-refractivity contribution < 1.29 is 4.52 Å². The molecule has 0 N–H and O–H groups in total. The summed E-state index contributed by atoms with van der Waals surface area (Å²) in [7, 11) is 0. The van der Waals surface area contributed by atoms with Crippen molar-refractivity contribution in [3.05, 3.63) is 71.1 Å². The first-order valence-electron chi connectivity index (χ1n) is 8.84. The highest BCUT2D eigenvalue weighted by Gasteiger charge is 2.23. The Kier molecular flexibility index (Phi) is 3.48. The molecule has 26 heavy (non-hydrogen) atoms. The molecule has 5 rings (SSSR count). The smallest absolute Gasteiger partial charge is 0.275 e. The molecule has 130 valence electrons. The molecule has 0 atom stereocenters. The Hall–Kier alpha value is -3.15. The van der Waals surface area contributed by atoms with Crippen LogP contribution >= 0.6 is 0 Å². The highest BCUT2D eigenvalue weighted by molar-refractivity contribution is 5.78. The fraction of sp³-hybridized carbons (Fsp3) is 0.250. The third-order valence-electron chi connectivity index (χ3n) is 4.85. The van der Waals surface area contributed by atoms with Gasteiger partial charge in [0, 0.05) is 29.9 Å². The number of nitrogens with zero attached hydrogens (tertiary/aromatic N) is 4. The van der Waals surface area contributed by atoms with Crippen LogP contribution in [0, 0.1) is 5.92 Å². The lowest BCUT2D eigenvalue weighted by atomic mass is 10.2. The minimum atomic E-state index is -0.0207. The van der Waals surface area contributed by atoms with Crippen LogP contribution in [0.5, 0.6) is 0 Å². The van der Waals surface area contributed by atoms with E-state index in [1.54, 1.807) is 10.8 Å². The summed E-state index contributed by atoms with van der Waals surface area (Å²) in [6.45, 7) is 1.19. The van der Waals surface area contributed by atoms with E-state index in [1.807, 2.05) is 48.7 Å². The molecule has 6 nitrogen and oxygen atoms in total. The van der Waals surface area contributed by atoms with Crippen LogP contribution in [0.3, 0.4) is 0 Å². The zero-order valence-corrected chi connectivity index (χ0v) is 14.2. The van der Waals surface area contributed by atoms with Crippen molar-refractivity contribution in [2.24, 2.45) is 5.92 Å². The van der Waals surface area contributed by atoms with Gasteiger partial charge in [0.1, 0.15) is 12.1 Å². The van der Waals surface area contributed by atoms with Gasteiger partial charge in [-0.15, -0.1) is 0 Å². The topological polar surface area (TPSA) is 65.8 Å². The number of rotatable bonds is 5. The van der Waals surface area contributed by atoms with Crippen molar-refractivity contribution in [1.82, 2.24) is 19.3 Å². The van der Waals surface area contributed by atoms with Crippen LogP contribution in [-0.4, -0.2) is 19.3 Å². The second-order valence-electron chi connectivity index (χ2n) is 6.84. The van der Waals surface area contributed by atoms with Gasteiger partial charge < -0.3 is 13.7 Å². The van der Waals surface area contributed by atoms with Crippen molar-refractivity contribution >= 4 is 10.9 Å². The molecule has 0 radical (unpaired) electrons. The van der Waals surface area contributed by atoms with E-state index >= 15 is 0 Å². The van der Waals surface area contributed by atoms with E-state index in [9.17, 15) is 4.79 Å². The molecule has 0 aliphatic heterocycles. The largest absolute Gasteiger partial charge is 0.343 e. The first-order valence-corrected chi connectivity index (χ1v) is 8.84. The van der Waals surface area contributed by atoms with Gasteiger partial charge in [-0.2, -0.15) is 4.98 Å². The highest BCUT2D eigenvalue weighted by atomic mass is 16.5. The van der Waals surface area contributed by atoms with Crippen LogP contribution in [0.25, 0.3) is 22.3 Å². The van der Waals surface area contributed by atoms with Crippen molar-refractivity contribution in [3.8, 4) is 11.4 Å². The van der Waals surface area contributed by atoms with Gasteiger partial charge in [0.2, 0.25) is 11.7 Å². The SMILES string of the molecule is O=c1c2c(ccn1Cc1nc(-c3ccccc3)no1)ccn2CC1CC1. The third kappa shape index (κ3) is 2.73. The second kappa shape index (κ2) is 5.98. The lowest BCUT2D eigenvalue weighted by Crippen LogP contribution is -2.22. The Labute approximate surface area is 149 Å². The maximum atomic E-state index is 12.9. The van der Waals surface area contributed by atoms with Crippen LogP contribution in [0.1, 0.15) is 18.7 Å². The molecule has 0 amide bonds. The monoisotopic (exact) mass is 346 g/mol. The summed E-state index contributed by atoms with van der Waals surface area (Å²) >= 11 is 0. The Morgan fingerprint density at radius 2 is 1.81 bits per heavy atom. The molecule has 1 fully saturated rings. The molecule has 0 bridgehead atoms. The fourth-order valence-corrected chi connectivity index (χ4v) is 3.27. The summed E-state index contributed by atoms with van der Waals surface area (Å²) in [5.41, 5.74) is 1.62. The van der Waals surface area contributed by atoms with Crippen LogP contribution < -0.4 is 5.56 Å². The van der Waals surface area contributed by atoms with E-state index in [1.165, 1.54) is 12.8 Å². The van der Waals surface area contributed by atoms with Crippen molar-refractivity contribution in [2.45, 2.75) is 25.9 Å². The van der Waals surface area contributed by atoms with Crippen LogP contribution in [-0.2, 0) is 13.1 Å². The number of aromatic nitrogens is 4. The van der Waals surface area contributed by atoms with Gasteiger partial charge in [0.15, 0.2) is 0 Å². The molecular weight excluding hydrogens is 328 g/mol. The number of hydrogen-bond acceptors (Lipinski definition) is 4. The lowest BCUT2D eigenvalue weighted by molar-refractivity contribution is 0.370. The van der Waals surface area contributed by atoms with Gasteiger partial charge in [-0.3, -0.25) is 4.79 Å². The van der Waals surface area contributed by atoms with Gasteiger partial charge in [-0.05, 0) is 30.9 Å². The molecule has 0 unspecified atom stereocenters. The number of pyridine rings is 1. The van der Waals surface area contributed by atoms with Crippen LogP contribution in [0.4, 0.5) is 0 Å². The predicted octanol–water partition coefficient (Wildman–Crippen LogP) is 3.31. The first kappa shape index (κ1) is 15.1. The average Bonchev–Trinajstić information content (AvgIpc) is 3.20. The maximum absolute atomic E-state index is 12.9. The van der Waals surface area contributed by atoms with Gasteiger partial charge in [0.05, 0.1) is 0 Å². The van der Waals surface area contributed by atoms with Crippen molar-refractivity contribution in [2.75, 3.05) is 0 Å². The Balaban J connectivity index is 1.47. The van der Waals surface area contributed by atoms with E-state index in [-0.39, 0.29) is 12.1 Å². The van der Waals surface area contributed by atoms with E-state index < -0.39 is 0 Å². The molecule has 1 aromatic carbocycles. The Bertz CT molecular complexity index is 1120. The minimum Gasteiger partial charge on any atom is -0.343 e. The molecule has 6 heteroatoms. The molecule has 0 saturated heterocycles. The van der Waals surface area contributed by atoms with E-state index in [4.69, 9.17) is 4.52 Å². The standard InChI is InChI=1S/C20H18N4O2/c25-20-18-15(8-10-23(18)12-14-6-7-14)9-11-24(20)13-17-21-19(22-26-17)16-4-2-1-3-5-16/h1-5,8-11,14H,6-7,12-13H2. The van der Waals surface area contributed by atoms with E-state index in [0.29, 0.717) is 17.6 Å². The van der Waals surface area contributed by atoms with Gasteiger partial charge in [-0.1, -0.05) is 35.5 Å². The number of hydrogen-bond donors (Lipinski definition) is 0.